The number of amides is 1. The van der Waals surface area contributed by atoms with Crippen LogP contribution in [0.5, 0.6) is 0 Å². The first kappa shape index (κ1) is 12.8. The van der Waals surface area contributed by atoms with E-state index in [9.17, 15) is 9.59 Å². The number of nitrogens with zero attached hydrogens (tertiary/aromatic N) is 1. The number of thiazole rings is 1. The van der Waals surface area contributed by atoms with Crippen molar-refractivity contribution in [3.05, 3.63) is 11.1 Å². The molecular weight excluding hydrogens is 254 g/mol. The van der Waals surface area contributed by atoms with Gasteiger partial charge in [-0.25, -0.2) is 4.98 Å². The van der Waals surface area contributed by atoms with Crippen molar-refractivity contribution < 1.29 is 14.7 Å². The molecule has 0 aliphatic heterocycles. The fraction of sp³-hybridized carbons (Fsp3) is 0.545. The van der Waals surface area contributed by atoms with Gasteiger partial charge in [0.2, 0.25) is 5.91 Å². The maximum Gasteiger partial charge on any atom is 0.309 e. The zero-order valence-electron chi connectivity index (χ0n) is 9.81. The van der Waals surface area contributed by atoms with E-state index >= 15 is 0 Å². The van der Waals surface area contributed by atoms with Gasteiger partial charge in [-0.2, -0.15) is 0 Å². The Morgan fingerprint density at radius 2 is 2.28 bits per heavy atom. The van der Waals surface area contributed by atoms with Crippen molar-refractivity contribution in [3.63, 3.8) is 0 Å². The molecule has 0 aromatic carbocycles. The van der Waals surface area contributed by atoms with Crippen molar-refractivity contribution in [2.45, 2.75) is 31.7 Å². The summed E-state index contributed by atoms with van der Waals surface area (Å²) in [7, 11) is 0. The standard InChI is InChI=1S/C11H15N3O3S/c15-9(13-7-1-2-7)3-4-12-11-14-8(6-18-11)5-10(16)17/h6-7H,1-5H2,(H,12,14)(H,13,15)(H,16,17). The van der Waals surface area contributed by atoms with Gasteiger partial charge < -0.3 is 15.7 Å². The van der Waals surface area contributed by atoms with Crippen LogP contribution in [0.4, 0.5) is 5.13 Å². The van der Waals surface area contributed by atoms with E-state index in [2.05, 4.69) is 15.6 Å². The number of carbonyl (C=O) groups is 2. The van der Waals surface area contributed by atoms with Crippen molar-refractivity contribution in [1.29, 1.82) is 0 Å². The van der Waals surface area contributed by atoms with Crippen molar-refractivity contribution in [2.24, 2.45) is 0 Å². The second kappa shape index (κ2) is 5.81. The van der Waals surface area contributed by atoms with Gasteiger partial charge in [-0.05, 0) is 12.8 Å². The molecule has 18 heavy (non-hydrogen) atoms. The van der Waals surface area contributed by atoms with Crippen molar-refractivity contribution in [1.82, 2.24) is 10.3 Å². The van der Waals surface area contributed by atoms with Crippen LogP contribution in [0, 0.1) is 0 Å². The summed E-state index contributed by atoms with van der Waals surface area (Å²) in [6.45, 7) is 0.512. The molecule has 0 unspecified atom stereocenters. The van der Waals surface area contributed by atoms with E-state index in [1.807, 2.05) is 0 Å². The Balaban J connectivity index is 1.67. The number of rotatable bonds is 7. The van der Waals surface area contributed by atoms with E-state index in [1.54, 1.807) is 5.38 Å². The summed E-state index contributed by atoms with van der Waals surface area (Å²) >= 11 is 1.35. The zero-order valence-corrected chi connectivity index (χ0v) is 10.6. The Labute approximate surface area is 108 Å². The van der Waals surface area contributed by atoms with Gasteiger partial charge in [-0.15, -0.1) is 11.3 Å². The Bertz CT molecular complexity index is 442. The number of carboxylic acid groups (broad SMARTS) is 1. The lowest BCUT2D eigenvalue weighted by molar-refractivity contribution is -0.136. The zero-order chi connectivity index (χ0) is 13.0. The van der Waals surface area contributed by atoms with E-state index in [0.717, 1.165) is 12.8 Å². The van der Waals surface area contributed by atoms with E-state index < -0.39 is 5.97 Å². The molecule has 0 bridgehead atoms. The molecule has 1 fully saturated rings. The number of carboxylic acids is 1. The topological polar surface area (TPSA) is 91.3 Å². The smallest absolute Gasteiger partial charge is 0.309 e. The molecule has 6 nitrogen and oxygen atoms in total. The van der Waals surface area contributed by atoms with Gasteiger partial charge in [-0.1, -0.05) is 0 Å². The van der Waals surface area contributed by atoms with E-state index in [0.29, 0.717) is 29.8 Å². The average molecular weight is 269 g/mol. The highest BCUT2D eigenvalue weighted by Gasteiger charge is 2.22. The van der Waals surface area contributed by atoms with Crippen LogP contribution in [-0.4, -0.2) is 34.6 Å². The van der Waals surface area contributed by atoms with Gasteiger partial charge in [0.05, 0.1) is 12.1 Å². The highest BCUT2D eigenvalue weighted by molar-refractivity contribution is 7.13. The van der Waals surface area contributed by atoms with Gasteiger partial charge in [0, 0.05) is 24.4 Å². The van der Waals surface area contributed by atoms with E-state index in [-0.39, 0.29) is 12.3 Å². The van der Waals surface area contributed by atoms with Crippen LogP contribution in [0.25, 0.3) is 0 Å². The van der Waals surface area contributed by atoms with Crippen molar-refractivity contribution in [2.75, 3.05) is 11.9 Å². The number of nitrogens with one attached hydrogen (secondary N) is 2. The predicted octanol–water partition coefficient (Wildman–Crippen LogP) is 0.851. The second-order valence-electron chi connectivity index (χ2n) is 4.23. The number of carbonyl (C=O) groups excluding carboxylic acids is 1. The lowest BCUT2D eigenvalue weighted by atomic mass is 10.3. The van der Waals surface area contributed by atoms with Gasteiger partial charge in [-0.3, -0.25) is 9.59 Å². The fourth-order valence-electron chi connectivity index (χ4n) is 1.43. The molecular formula is C11H15N3O3S. The predicted molar refractivity (Wildman–Crippen MR) is 67.7 cm³/mol. The molecule has 98 valence electrons. The summed E-state index contributed by atoms with van der Waals surface area (Å²) in [5.41, 5.74) is 0.539. The summed E-state index contributed by atoms with van der Waals surface area (Å²) < 4.78 is 0. The summed E-state index contributed by atoms with van der Waals surface area (Å²) in [6.07, 6.45) is 2.51. The molecule has 2 rings (SSSR count). The third-order valence-electron chi connectivity index (χ3n) is 2.45. The average Bonchev–Trinajstić information content (AvgIpc) is 2.98. The van der Waals surface area contributed by atoms with Crippen LogP contribution in [0.2, 0.25) is 0 Å². The van der Waals surface area contributed by atoms with Crippen LogP contribution in [-0.2, 0) is 16.0 Å². The van der Waals surface area contributed by atoms with E-state index in [1.165, 1.54) is 11.3 Å². The SMILES string of the molecule is O=C(O)Cc1csc(NCCC(=O)NC2CC2)n1. The van der Waals surface area contributed by atoms with Crippen molar-refractivity contribution >= 4 is 28.3 Å². The Hall–Kier alpha value is -1.63. The molecule has 0 saturated heterocycles. The highest BCUT2D eigenvalue weighted by atomic mass is 32.1. The van der Waals surface area contributed by atoms with Crippen molar-refractivity contribution in [3.8, 4) is 0 Å². The molecule has 1 aromatic rings. The minimum Gasteiger partial charge on any atom is -0.481 e. The fourth-order valence-corrected chi connectivity index (χ4v) is 2.17. The first-order chi connectivity index (χ1) is 8.63. The van der Waals surface area contributed by atoms with Crippen LogP contribution >= 0.6 is 11.3 Å². The van der Waals surface area contributed by atoms with E-state index in [4.69, 9.17) is 5.11 Å². The van der Waals surface area contributed by atoms with Crippen LogP contribution in [0.3, 0.4) is 0 Å². The lowest BCUT2D eigenvalue weighted by Crippen LogP contribution is -2.27. The highest BCUT2D eigenvalue weighted by Crippen LogP contribution is 2.19. The molecule has 1 amide bonds. The minimum atomic E-state index is -0.893. The normalized spacial score (nSPS) is 14.2. The molecule has 0 atom stereocenters. The number of hydrogen-bond donors (Lipinski definition) is 3. The maximum atomic E-state index is 11.4. The van der Waals surface area contributed by atoms with Gasteiger partial charge in [0.25, 0.3) is 0 Å². The summed E-state index contributed by atoms with van der Waals surface area (Å²) in [5.74, 6) is -0.844. The minimum absolute atomic E-state index is 0.0484. The molecule has 3 N–H and O–H groups in total. The first-order valence-electron chi connectivity index (χ1n) is 5.83. The molecule has 1 aliphatic rings. The van der Waals surface area contributed by atoms with Crippen LogP contribution in [0.1, 0.15) is 25.0 Å². The quantitative estimate of drug-likeness (QED) is 0.682. The second-order valence-corrected chi connectivity index (χ2v) is 5.09. The summed E-state index contributed by atoms with van der Waals surface area (Å²) in [5, 5.41) is 16.9. The Morgan fingerprint density at radius 3 is 2.94 bits per heavy atom. The summed E-state index contributed by atoms with van der Waals surface area (Å²) in [6, 6.07) is 0.388. The molecule has 1 saturated carbocycles. The summed E-state index contributed by atoms with van der Waals surface area (Å²) in [4.78, 5) is 26.0. The maximum absolute atomic E-state index is 11.4. The number of aromatic nitrogens is 1. The Kier molecular flexibility index (Phi) is 4.14. The third kappa shape index (κ3) is 4.33. The van der Waals surface area contributed by atoms with Crippen LogP contribution in [0.15, 0.2) is 5.38 Å². The third-order valence-corrected chi connectivity index (χ3v) is 3.30. The number of anilines is 1. The monoisotopic (exact) mass is 269 g/mol. The Morgan fingerprint density at radius 1 is 1.50 bits per heavy atom. The molecule has 7 heteroatoms. The molecule has 1 heterocycles. The number of aliphatic carboxylic acids is 1. The largest absolute Gasteiger partial charge is 0.481 e. The molecule has 0 radical (unpaired) electrons. The molecule has 1 aromatic heterocycles. The first-order valence-corrected chi connectivity index (χ1v) is 6.71. The molecule has 1 aliphatic carbocycles. The van der Waals surface area contributed by atoms with Gasteiger partial charge in [0.1, 0.15) is 0 Å². The lowest BCUT2D eigenvalue weighted by Gasteiger charge is -2.03. The van der Waals surface area contributed by atoms with Gasteiger partial charge >= 0.3 is 5.97 Å². The molecule has 0 spiro atoms. The number of hydrogen-bond acceptors (Lipinski definition) is 5. The van der Waals surface area contributed by atoms with Gasteiger partial charge in [0.15, 0.2) is 5.13 Å². The van der Waals surface area contributed by atoms with Crippen LogP contribution < -0.4 is 10.6 Å².